The van der Waals surface area contributed by atoms with Gasteiger partial charge in [0, 0.05) is 4.47 Å². The number of halogens is 2. The number of aryl methyl sites for hydroxylation is 1. The van der Waals surface area contributed by atoms with Crippen LogP contribution in [0.2, 0.25) is 0 Å². The third-order valence-electron chi connectivity index (χ3n) is 4.37. The molecule has 31 heavy (non-hydrogen) atoms. The van der Waals surface area contributed by atoms with Crippen LogP contribution < -0.4 is 10.0 Å². The van der Waals surface area contributed by atoms with Crippen molar-refractivity contribution in [1.82, 2.24) is 4.98 Å². The summed E-state index contributed by atoms with van der Waals surface area (Å²) in [6, 6.07) is 15.0. The second-order valence-corrected chi connectivity index (χ2v) is 10.3. The van der Waals surface area contributed by atoms with Crippen molar-refractivity contribution in [2.45, 2.75) is 11.8 Å². The molecule has 3 aromatic carbocycles. The number of hydrogen-bond donors (Lipinski definition) is 2. The molecular weight excluding hydrogens is 505 g/mol. The number of amides is 1. The molecule has 6 nitrogen and oxygen atoms in total. The van der Waals surface area contributed by atoms with Crippen molar-refractivity contribution in [2.75, 3.05) is 10.0 Å². The van der Waals surface area contributed by atoms with Gasteiger partial charge in [-0.3, -0.25) is 14.8 Å². The summed E-state index contributed by atoms with van der Waals surface area (Å²) in [5.41, 5.74) is 1.40. The van der Waals surface area contributed by atoms with E-state index in [1.165, 1.54) is 29.5 Å². The highest BCUT2D eigenvalue weighted by atomic mass is 79.9. The number of carbonyl (C=O) groups is 1. The van der Waals surface area contributed by atoms with Crippen LogP contribution in [0, 0.1) is 12.7 Å². The molecule has 4 rings (SSSR count). The van der Waals surface area contributed by atoms with Crippen LogP contribution in [0.25, 0.3) is 10.2 Å². The number of nitrogens with zero attached hydrogens (tertiary/aromatic N) is 1. The van der Waals surface area contributed by atoms with Crippen LogP contribution in [0.3, 0.4) is 0 Å². The van der Waals surface area contributed by atoms with Crippen molar-refractivity contribution >= 4 is 64.2 Å². The van der Waals surface area contributed by atoms with E-state index >= 15 is 0 Å². The molecule has 0 unspecified atom stereocenters. The number of carbonyl (C=O) groups excluding carboxylic acids is 1. The molecule has 0 aliphatic rings. The molecule has 1 heterocycles. The topological polar surface area (TPSA) is 88.2 Å². The van der Waals surface area contributed by atoms with Gasteiger partial charge in [0.15, 0.2) is 5.13 Å². The zero-order valence-electron chi connectivity index (χ0n) is 16.0. The van der Waals surface area contributed by atoms with E-state index in [1.807, 2.05) is 25.1 Å². The van der Waals surface area contributed by atoms with E-state index in [-0.39, 0.29) is 16.1 Å². The molecule has 10 heteroatoms. The van der Waals surface area contributed by atoms with E-state index in [2.05, 4.69) is 31.0 Å². The van der Waals surface area contributed by atoms with Gasteiger partial charge >= 0.3 is 0 Å². The minimum absolute atomic E-state index is 0.00506. The van der Waals surface area contributed by atoms with Gasteiger partial charge in [0.1, 0.15) is 5.82 Å². The fourth-order valence-electron chi connectivity index (χ4n) is 2.84. The van der Waals surface area contributed by atoms with Crippen LogP contribution in [0.15, 0.2) is 70.0 Å². The van der Waals surface area contributed by atoms with Crippen LogP contribution >= 0.6 is 27.3 Å². The molecule has 0 saturated carbocycles. The highest BCUT2D eigenvalue weighted by molar-refractivity contribution is 9.10. The Hall–Kier alpha value is -2.82. The molecule has 1 amide bonds. The lowest BCUT2D eigenvalue weighted by atomic mass is 10.1. The summed E-state index contributed by atoms with van der Waals surface area (Å²) in [7, 11) is -4.02. The fraction of sp³-hybridized carbons (Fsp3) is 0.0476. The van der Waals surface area contributed by atoms with Crippen molar-refractivity contribution in [3.05, 3.63) is 82.1 Å². The van der Waals surface area contributed by atoms with Gasteiger partial charge in [0.25, 0.3) is 15.9 Å². The van der Waals surface area contributed by atoms with E-state index in [0.717, 1.165) is 26.9 Å². The average molecular weight is 520 g/mol. The summed E-state index contributed by atoms with van der Waals surface area (Å²) in [6.07, 6.45) is 0. The number of aromatic nitrogens is 1. The largest absolute Gasteiger partial charge is 0.298 e. The first-order valence-electron chi connectivity index (χ1n) is 8.98. The summed E-state index contributed by atoms with van der Waals surface area (Å²) >= 11 is 4.65. The minimum Gasteiger partial charge on any atom is -0.298 e. The van der Waals surface area contributed by atoms with Gasteiger partial charge in [-0.15, -0.1) is 0 Å². The van der Waals surface area contributed by atoms with Gasteiger partial charge in [-0.05, 0) is 55.5 Å². The number of fused-ring (bicyclic) bond motifs is 1. The maximum Gasteiger partial charge on any atom is 0.261 e. The predicted octanol–water partition coefficient (Wildman–Crippen LogP) is 5.56. The maximum atomic E-state index is 13.9. The number of hydrogen-bond acceptors (Lipinski definition) is 5. The van der Waals surface area contributed by atoms with Gasteiger partial charge in [-0.2, -0.15) is 0 Å². The maximum absolute atomic E-state index is 13.9. The molecule has 0 bridgehead atoms. The number of thiazole rings is 1. The molecule has 0 saturated heterocycles. The molecule has 0 fully saturated rings. The van der Waals surface area contributed by atoms with Gasteiger partial charge in [0.05, 0.1) is 26.4 Å². The Bertz CT molecular complexity index is 1400. The summed E-state index contributed by atoms with van der Waals surface area (Å²) in [5.74, 6) is -1.29. The second-order valence-electron chi connectivity index (χ2n) is 6.69. The third kappa shape index (κ3) is 4.76. The molecule has 158 valence electrons. The Morgan fingerprint density at radius 1 is 1.06 bits per heavy atom. The fourth-order valence-corrected chi connectivity index (χ4v) is 5.10. The van der Waals surface area contributed by atoms with E-state index in [0.29, 0.717) is 10.6 Å². The normalized spacial score (nSPS) is 11.5. The van der Waals surface area contributed by atoms with E-state index in [1.54, 1.807) is 12.1 Å². The van der Waals surface area contributed by atoms with Crippen LogP contribution in [-0.4, -0.2) is 19.3 Å². The quantitative estimate of drug-likeness (QED) is 0.361. The zero-order chi connectivity index (χ0) is 22.2. The lowest BCUT2D eigenvalue weighted by Crippen LogP contribution is -2.19. The first-order valence-corrected chi connectivity index (χ1v) is 12.1. The highest BCUT2D eigenvalue weighted by Crippen LogP contribution is 2.29. The van der Waals surface area contributed by atoms with Gasteiger partial charge in [-0.1, -0.05) is 45.0 Å². The molecule has 2 N–H and O–H groups in total. The number of anilines is 2. The number of benzene rings is 3. The summed E-state index contributed by atoms with van der Waals surface area (Å²) in [4.78, 5) is 17.2. The zero-order valence-corrected chi connectivity index (χ0v) is 19.2. The van der Waals surface area contributed by atoms with Crippen molar-refractivity contribution in [3.63, 3.8) is 0 Å². The van der Waals surface area contributed by atoms with E-state index < -0.39 is 21.7 Å². The van der Waals surface area contributed by atoms with E-state index in [9.17, 15) is 17.6 Å². The highest BCUT2D eigenvalue weighted by Gasteiger charge is 2.20. The van der Waals surface area contributed by atoms with Crippen LogP contribution in [0.4, 0.5) is 15.2 Å². The van der Waals surface area contributed by atoms with Gasteiger partial charge in [-0.25, -0.2) is 17.8 Å². The first kappa shape index (κ1) is 21.4. The minimum atomic E-state index is -4.02. The Labute approximate surface area is 190 Å². The molecule has 0 spiro atoms. The molecule has 0 atom stereocenters. The molecule has 0 aliphatic heterocycles. The molecule has 1 aromatic heterocycles. The van der Waals surface area contributed by atoms with Crippen LogP contribution in [-0.2, 0) is 10.0 Å². The van der Waals surface area contributed by atoms with Crippen molar-refractivity contribution < 1.29 is 17.6 Å². The molecule has 0 aliphatic carbocycles. The van der Waals surface area contributed by atoms with Gasteiger partial charge < -0.3 is 0 Å². The van der Waals surface area contributed by atoms with E-state index in [4.69, 9.17) is 0 Å². The molecule has 0 radical (unpaired) electrons. The number of rotatable bonds is 5. The first-order chi connectivity index (χ1) is 14.7. The van der Waals surface area contributed by atoms with Crippen molar-refractivity contribution in [2.24, 2.45) is 0 Å². The Balaban J connectivity index is 1.64. The molecular formula is C21H15BrFN3O3S2. The van der Waals surface area contributed by atoms with Crippen molar-refractivity contribution in [3.8, 4) is 0 Å². The van der Waals surface area contributed by atoms with Gasteiger partial charge in [0.2, 0.25) is 0 Å². The SMILES string of the molecule is Cc1ccc(S(=O)(=O)Nc2cc(F)ccc2C(=O)Nc2nc3cc(Br)ccc3s2)cc1. The van der Waals surface area contributed by atoms with Crippen LogP contribution in [0.5, 0.6) is 0 Å². The summed E-state index contributed by atoms with van der Waals surface area (Å²) in [6.45, 7) is 1.83. The Morgan fingerprint density at radius 3 is 2.55 bits per heavy atom. The standard InChI is InChI=1S/C21H15BrFN3O3S2/c1-12-2-6-15(7-3-12)31(28,29)26-17-11-14(23)5-8-16(17)20(27)25-21-24-18-10-13(22)4-9-19(18)30-21/h2-11,26H,1H3,(H,24,25,27). The number of sulfonamides is 1. The second kappa shape index (κ2) is 8.37. The summed E-state index contributed by atoms with van der Waals surface area (Å²) < 4.78 is 43.4. The predicted molar refractivity (Wildman–Crippen MR) is 124 cm³/mol. The van der Waals surface area contributed by atoms with Crippen molar-refractivity contribution in [1.29, 1.82) is 0 Å². The molecule has 4 aromatic rings. The van der Waals surface area contributed by atoms with Crippen LogP contribution in [0.1, 0.15) is 15.9 Å². The third-order valence-corrected chi connectivity index (χ3v) is 7.20. The lowest BCUT2D eigenvalue weighted by Gasteiger charge is -2.12. The lowest BCUT2D eigenvalue weighted by molar-refractivity contribution is 0.102. The Morgan fingerprint density at radius 2 is 1.81 bits per heavy atom. The summed E-state index contributed by atoms with van der Waals surface area (Å²) in [5, 5.41) is 3.00. The monoisotopic (exact) mass is 519 g/mol. The number of nitrogens with one attached hydrogen (secondary N) is 2. The smallest absolute Gasteiger partial charge is 0.261 e. The average Bonchev–Trinajstić information content (AvgIpc) is 3.09. The Kier molecular flexibility index (Phi) is 5.78.